The minimum atomic E-state index is -0.655. The summed E-state index contributed by atoms with van der Waals surface area (Å²) in [5.41, 5.74) is 1.42. The van der Waals surface area contributed by atoms with Crippen molar-refractivity contribution in [2.24, 2.45) is 0 Å². The third kappa shape index (κ3) is 3.75. The highest BCUT2D eigenvalue weighted by Gasteiger charge is 2.28. The molecule has 0 bridgehead atoms. The summed E-state index contributed by atoms with van der Waals surface area (Å²) < 4.78 is 6.01. The summed E-state index contributed by atoms with van der Waals surface area (Å²) in [6.45, 7) is 1.58. The zero-order chi connectivity index (χ0) is 16.8. The highest BCUT2D eigenvalue weighted by Crippen LogP contribution is 2.25. The second-order valence-electron chi connectivity index (χ2n) is 5.93. The maximum Gasteiger partial charge on any atom is 0.268 e. The molecular weight excluding hydrogens is 300 g/mol. The molecule has 0 radical (unpaired) electrons. The van der Waals surface area contributed by atoms with Gasteiger partial charge in [0.25, 0.3) is 5.91 Å². The SMILES string of the molecule is N#Cc1ccc(O[C@@H](C(=O)N2CCCCC2)c2ccccc2)cc1. The molecule has 2 aromatic carbocycles. The monoisotopic (exact) mass is 320 g/mol. The van der Waals surface area contributed by atoms with Crippen LogP contribution in [0, 0.1) is 11.3 Å². The van der Waals surface area contributed by atoms with Gasteiger partial charge in [0.1, 0.15) is 5.75 Å². The van der Waals surface area contributed by atoms with Crippen LogP contribution in [0.25, 0.3) is 0 Å². The van der Waals surface area contributed by atoms with E-state index >= 15 is 0 Å². The number of hydrogen-bond donors (Lipinski definition) is 0. The molecule has 0 spiro atoms. The summed E-state index contributed by atoms with van der Waals surface area (Å²) in [5.74, 6) is 0.596. The Balaban J connectivity index is 1.84. The average molecular weight is 320 g/mol. The van der Waals surface area contributed by atoms with Crippen LogP contribution in [0.4, 0.5) is 0 Å². The van der Waals surface area contributed by atoms with Gasteiger partial charge in [-0.1, -0.05) is 30.3 Å². The Morgan fingerprint density at radius 2 is 1.67 bits per heavy atom. The van der Waals surface area contributed by atoms with Gasteiger partial charge in [-0.05, 0) is 43.5 Å². The molecule has 1 fully saturated rings. The summed E-state index contributed by atoms with van der Waals surface area (Å²) in [7, 11) is 0. The van der Waals surface area contributed by atoms with Crippen LogP contribution in [0.15, 0.2) is 54.6 Å². The maximum atomic E-state index is 13.0. The third-order valence-electron chi connectivity index (χ3n) is 4.23. The predicted molar refractivity (Wildman–Crippen MR) is 91.4 cm³/mol. The molecule has 0 aromatic heterocycles. The number of nitriles is 1. The van der Waals surface area contributed by atoms with E-state index in [2.05, 4.69) is 6.07 Å². The number of hydrogen-bond acceptors (Lipinski definition) is 3. The van der Waals surface area contributed by atoms with Gasteiger partial charge in [-0.2, -0.15) is 5.26 Å². The molecule has 1 amide bonds. The molecule has 1 heterocycles. The molecule has 0 saturated carbocycles. The van der Waals surface area contributed by atoms with Gasteiger partial charge >= 0.3 is 0 Å². The Morgan fingerprint density at radius 1 is 1.00 bits per heavy atom. The minimum absolute atomic E-state index is 0.00487. The molecule has 24 heavy (non-hydrogen) atoms. The Labute approximate surface area is 142 Å². The number of ether oxygens (including phenoxy) is 1. The summed E-state index contributed by atoms with van der Waals surface area (Å²) in [5, 5.41) is 8.90. The zero-order valence-electron chi connectivity index (χ0n) is 13.5. The second-order valence-corrected chi connectivity index (χ2v) is 5.93. The molecule has 2 aromatic rings. The van der Waals surface area contributed by atoms with Gasteiger partial charge in [0.2, 0.25) is 6.10 Å². The predicted octanol–water partition coefficient (Wildman–Crippen LogP) is 3.69. The molecule has 1 aliphatic heterocycles. The van der Waals surface area contributed by atoms with Crippen molar-refractivity contribution < 1.29 is 9.53 Å². The Bertz CT molecular complexity index is 714. The van der Waals surface area contributed by atoms with Crippen molar-refractivity contribution in [3.63, 3.8) is 0 Å². The Morgan fingerprint density at radius 3 is 2.29 bits per heavy atom. The summed E-state index contributed by atoms with van der Waals surface area (Å²) in [4.78, 5) is 14.9. The van der Waals surface area contributed by atoms with E-state index in [0.717, 1.165) is 31.5 Å². The standard InChI is InChI=1S/C20H20N2O2/c21-15-16-9-11-18(12-10-16)24-19(17-7-3-1-4-8-17)20(23)22-13-5-2-6-14-22/h1,3-4,7-12,19H,2,5-6,13-14H2/t19-/m1/s1. The van der Waals surface area contributed by atoms with Gasteiger partial charge in [-0.3, -0.25) is 4.79 Å². The first-order chi connectivity index (χ1) is 11.8. The fourth-order valence-electron chi connectivity index (χ4n) is 2.91. The van der Waals surface area contributed by atoms with Crippen molar-refractivity contribution in [1.29, 1.82) is 5.26 Å². The van der Waals surface area contributed by atoms with Crippen molar-refractivity contribution in [1.82, 2.24) is 4.90 Å². The molecule has 122 valence electrons. The van der Waals surface area contributed by atoms with E-state index in [1.165, 1.54) is 6.42 Å². The van der Waals surface area contributed by atoms with Crippen molar-refractivity contribution in [3.05, 3.63) is 65.7 Å². The number of carbonyl (C=O) groups is 1. The molecule has 0 N–H and O–H groups in total. The van der Waals surface area contributed by atoms with Crippen LogP contribution >= 0.6 is 0 Å². The first kappa shape index (κ1) is 16.1. The molecule has 3 rings (SSSR count). The van der Waals surface area contributed by atoms with Gasteiger partial charge < -0.3 is 9.64 Å². The number of amides is 1. The maximum absolute atomic E-state index is 13.0. The zero-order valence-corrected chi connectivity index (χ0v) is 13.5. The molecule has 0 aliphatic carbocycles. The highest BCUT2D eigenvalue weighted by molar-refractivity contribution is 5.82. The van der Waals surface area contributed by atoms with E-state index in [4.69, 9.17) is 10.00 Å². The number of carbonyl (C=O) groups excluding carboxylic acids is 1. The molecule has 4 nitrogen and oxygen atoms in total. The van der Waals surface area contributed by atoms with Gasteiger partial charge in [0.05, 0.1) is 11.6 Å². The van der Waals surface area contributed by atoms with Crippen molar-refractivity contribution >= 4 is 5.91 Å². The lowest BCUT2D eigenvalue weighted by Crippen LogP contribution is -2.40. The van der Waals surface area contributed by atoms with Crippen LogP contribution in [0.5, 0.6) is 5.75 Å². The van der Waals surface area contributed by atoms with E-state index in [1.54, 1.807) is 24.3 Å². The van der Waals surface area contributed by atoms with Gasteiger partial charge in [0.15, 0.2) is 0 Å². The fourth-order valence-corrected chi connectivity index (χ4v) is 2.91. The summed E-state index contributed by atoms with van der Waals surface area (Å²) >= 11 is 0. The van der Waals surface area contributed by atoms with Gasteiger partial charge in [-0.25, -0.2) is 0 Å². The lowest BCUT2D eigenvalue weighted by atomic mass is 10.1. The molecule has 1 atom stereocenters. The highest BCUT2D eigenvalue weighted by atomic mass is 16.5. The number of piperidine rings is 1. The van der Waals surface area contributed by atoms with Crippen molar-refractivity contribution in [3.8, 4) is 11.8 Å². The smallest absolute Gasteiger partial charge is 0.268 e. The van der Waals surface area contributed by atoms with E-state index < -0.39 is 6.10 Å². The van der Waals surface area contributed by atoms with Crippen LogP contribution in [0.3, 0.4) is 0 Å². The normalized spacial score (nSPS) is 15.4. The van der Waals surface area contributed by atoms with Crippen molar-refractivity contribution in [2.45, 2.75) is 25.4 Å². The fraction of sp³-hybridized carbons (Fsp3) is 0.300. The van der Waals surface area contributed by atoms with Crippen LogP contribution in [-0.2, 0) is 4.79 Å². The molecule has 4 heteroatoms. The second kappa shape index (κ2) is 7.65. The number of likely N-dealkylation sites (tertiary alicyclic amines) is 1. The quantitative estimate of drug-likeness (QED) is 0.863. The molecule has 1 saturated heterocycles. The van der Waals surface area contributed by atoms with E-state index in [9.17, 15) is 4.79 Å². The Hall–Kier alpha value is -2.80. The average Bonchev–Trinajstić information content (AvgIpc) is 2.67. The topological polar surface area (TPSA) is 53.3 Å². The molecule has 1 aliphatic rings. The van der Waals surface area contributed by atoms with Gasteiger partial charge in [0, 0.05) is 18.7 Å². The minimum Gasteiger partial charge on any atom is -0.476 e. The first-order valence-electron chi connectivity index (χ1n) is 8.28. The molecular formula is C20H20N2O2. The summed E-state index contributed by atoms with van der Waals surface area (Å²) in [6.07, 6.45) is 2.61. The molecule has 0 unspecified atom stereocenters. The van der Waals surface area contributed by atoms with Crippen LogP contribution in [0.1, 0.15) is 36.5 Å². The van der Waals surface area contributed by atoms with Crippen LogP contribution < -0.4 is 4.74 Å². The Kier molecular flexibility index (Phi) is 5.12. The van der Waals surface area contributed by atoms with Crippen molar-refractivity contribution in [2.75, 3.05) is 13.1 Å². The van der Waals surface area contributed by atoms with Gasteiger partial charge in [-0.15, -0.1) is 0 Å². The number of benzene rings is 2. The number of nitrogens with zero attached hydrogens (tertiary/aromatic N) is 2. The third-order valence-corrected chi connectivity index (χ3v) is 4.23. The number of rotatable bonds is 4. The van der Waals surface area contributed by atoms with E-state index in [1.807, 2.05) is 35.2 Å². The van der Waals surface area contributed by atoms with E-state index in [0.29, 0.717) is 11.3 Å². The largest absolute Gasteiger partial charge is 0.476 e. The lowest BCUT2D eigenvalue weighted by molar-refractivity contribution is -0.140. The van der Waals surface area contributed by atoms with Crippen LogP contribution in [-0.4, -0.2) is 23.9 Å². The lowest BCUT2D eigenvalue weighted by Gasteiger charge is -2.30. The summed E-state index contributed by atoms with van der Waals surface area (Å²) in [6, 6.07) is 18.5. The van der Waals surface area contributed by atoms with Crippen LogP contribution in [0.2, 0.25) is 0 Å². The first-order valence-corrected chi connectivity index (χ1v) is 8.28. The van der Waals surface area contributed by atoms with E-state index in [-0.39, 0.29) is 5.91 Å².